The topological polar surface area (TPSA) is 124 Å². The number of rotatable bonds is 8. The number of Topliss-reactive ketones (excluding diaryl/α,β-unsaturated/α-hetero) is 1. The van der Waals surface area contributed by atoms with Crippen LogP contribution in [0.1, 0.15) is 46.0 Å². The smallest absolute Gasteiger partial charge is 0.313 e. The number of non-ortho nitro benzene ring substituents is 1. The van der Waals surface area contributed by atoms with E-state index in [1.54, 1.807) is 19.1 Å². The zero-order valence-electron chi connectivity index (χ0n) is 16.6. The van der Waals surface area contributed by atoms with E-state index in [4.69, 9.17) is 4.74 Å². The first-order valence-corrected chi connectivity index (χ1v) is 9.46. The van der Waals surface area contributed by atoms with Gasteiger partial charge in [0.1, 0.15) is 6.42 Å². The van der Waals surface area contributed by atoms with Crippen molar-refractivity contribution in [1.82, 2.24) is 4.90 Å². The van der Waals surface area contributed by atoms with Crippen molar-refractivity contribution in [2.45, 2.75) is 19.8 Å². The minimum absolute atomic E-state index is 0.124. The van der Waals surface area contributed by atoms with Crippen molar-refractivity contribution >= 4 is 35.3 Å². The van der Waals surface area contributed by atoms with E-state index in [1.807, 2.05) is 0 Å². The van der Waals surface area contributed by atoms with Gasteiger partial charge in [-0.3, -0.25) is 29.3 Å². The Kier molecular flexibility index (Phi) is 6.35. The van der Waals surface area contributed by atoms with Crippen molar-refractivity contribution in [3.63, 3.8) is 0 Å². The minimum Gasteiger partial charge on any atom is -0.465 e. The lowest BCUT2D eigenvalue weighted by atomic mass is 10.1. The first-order valence-electron chi connectivity index (χ1n) is 9.46. The van der Waals surface area contributed by atoms with E-state index in [-0.39, 0.29) is 34.7 Å². The van der Waals surface area contributed by atoms with Crippen LogP contribution in [0.15, 0.2) is 54.2 Å². The number of nitro benzene ring substituents is 1. The number of nitrogens with zero attached hydrogens (tertiary/aromatic N) is 2. The van der Waals surface area contributed by atoms with Gasteiger partial charge < -0.3 is 4.74 Å². The first kappa shape index (κ1) is 21.6. The molecule has 0 atom stereocenters. The number of allylic oxidation sites excluding steroid dienone is 1. The zero-order valence-corrected chi connectivity index (χ0v) is 16.6. The summed E-state index contributed by atoms with van der Waals surface area (Å²) in [7, 11) is 0. The lowest BCUT2D eigenvalue weighted by molar-refractivity contribution is -0.384. The molecular formula is C22H18N2O7. The molecule has 0 spiro atoms. The molecule has 2 amide bonds. The lowest BCUT2D eigenvalue weighted by Gasteiger charge is -2.17. The van der Waals surface area contributed by atoms with Gasteiger partial charge in [0.15, 0.2) is 5.78 Å². The molecule has 0 bridgehead atoms. The Labute approximate surface area is 177 Å². The third-order valence-corrected chi connectivity index (χ3v) is 4.48. The third kappa shape index (κ3) is 4.55. The number of ether oxygens (including phenoxy) is 1. The Morgan fingerprint density at radius 3 is 2.29 bits per heavy atom. The lowest BCUT2D eigenvalue weighted by Crippen LogP contribution is -2.33. The van der Waals surface area contributed by atoms with E-state index in [0.717, 1.165) is 0 Å². The Morgan fingerprint density at radius 2 is 1.71 bits per heavy atom. The second kappa shape index (κ2) is 9.12. The molecule has 0 fully saturated rings. The molecule has 0 aromatic heterocycles. The fraction of sp³-hybridized carbons (Fsp3) is 0.182. The zero-order chi connectivity index (χ0) is 22.5. The van der Waals surface area contributed by atoms with Crippen LogP contribution in [0.5, 0.6) is 0 Å². The van der Waals surface area contributed by atoms with Gasteiger partial charge in [-0.25, -0.2) is 4.90 Å². The summed E-state index contributed by atoms with van der Waals surface area (Å²) in [6, 6.07) is 11.4. The molecule has 9 heteroatoms. The molecule has 31 heavy (non-hydrogen) atoms. The van der Waals surface area contributed by atoms with Crippen LogP contribution in [-0.4, -0.2) is 40.0 Å². The molecule has 2 aromatic carbocycles. The predicted octanol–water partition coefficient (Wildman–Crippen LogP) is 3.14. The van der Waals surface area contributed by atoms with Crippen molar-refractivity contribution in [2.24, 2.45) is 0 Å². The molecule has 0 aliphatic carbocycles. The monoisotopic (exact) mass is 422 g/mol. The van der Waals surface area contributed by atoms with Gasteiger partial charge in [-0.2, -0.15) is 0 Å². The Balaban J connectivity index is 2.03. The van der Waals surface area contributed by atoms with Gasteiger partial charge in [0.25, 0.3) is 17.5 Å². The molecule has 0 N–H and O–H groups in total. The van der Waals surface area contributed by atoms with Crippen molar-refractivity contribution in [3.05, 3.63) is 81.0 Å². The average molecular weight is 422 g/mol. The van der Waals surface area contributed by atoms with E-state index in [2.05, 4.69) is 0 Å². The van der Waals surface area contributed by atoms with Crippen LogP contribution in [0.4, 0.5) is 5.69 Å². The van der Waals surface area contributed by atoms with Gasteiger partial charge >= 0.3 is 5.97 Å². The molecule has 1 heterocycles. The quantitative estimate of drug-likeness (QED) is 0.160. The summed E-state index contributed by atoms with van der Waals surface area (Å²) in [6.07, 6.45) is 1.06. The van der Waals surface area contributed by atoms with Gasteiger partial charge in [0, 0.05) is 12.1 Å². The molecule has 0 unspecified atom stereocenters. The van der Waals surface area contributed by atoms with Gasteiger partial charge in [-0.15, -0.1) is 0 Å². The standard InChI is InChI=1S/C22H18N2O7/c1-2-10-31-20(26)13-19(25)18(12-14-6-5-7-15(11-14)24(29)30)23-21(27)16-8-3-4-9-17(16)22(23)28/h3-9,11-12H,2,10,13H2,1H3. The number of amides is 2. The molecule has 1 aliphatic heterocycles. The van der Waals surface area contributed by atoms with Crippen LogP contribution >= 0.6 is 0 Å². The molecule has 0 radical (unpaired) electrons. The number of carbonyl (C=O) groups excluding carboxylic acids is 4. The second-order valence-corrected chi connectivity index (χ2v) is 6.69. The summed E-state index contributed by atoms with van der Waals surface area (Å²) < 4.78 is 4.93. The third-order valence-electron chi connectivity index (χ3n) is 4.48. The fourth-order valence-electron chi connectivity index (χ4n) is 3.05. The average Bonchev–Trinajstić information content (AvgIpc) is 3.01. The van der Waals surface area contributed by atoms with Gasteiger partial charge in [0.2, 0.25) is 0 Å². The van der Waals surface area contributed by atoms with Crippen LogP contribution in [0, 0.1) is 10.1 Å². The number of ketones is 1. The SMILES string of the molecule is CCCOC(=O)CC(=O)C(=Cc1cccc([N+](=O)[O-])c1)N1C(=O)c2ccccc2C1=O. The van der Waals surface area contributed by atoms with E-state index in [0.29, 0.717) is 11.3 Å². The predicted molar refractivity (Wildman–Crippen MR) is 109 cm³/mol. The number of benzene rings is 2. The maximum Gasteiger partial charge on any atom is 0.313 e. The van der Waals surface area contributed by atoms with Gasteiger partial charge in [0.05, 0.1) is 28.4 Å². The summed E-state index contributed by atoms with van der Waals surface area (Å²) in [5.41, 5.74) is -0.126. The number of carbonyl (C=O) groups is 4. The van der Waals surface area contributed by atoms with Crippen LogP contribution < -0.4 is 0 Å². The number of esters is 1. The molecule has 158 valence electrons. The molecule has 2 aromatic rings. The number of imide groups is 1. The highest BCUT2D eigenvalue weighted by atomic mass is 16.6. The van der Waals surface area contributed by atoms with Crippen LogP contribution in [-0.2, 0) is 14.3 Å². The molecule has 9 nitrogen and oxygen atoms in total. The van der Waals surface area contributed by atoms with Crippen molar-refractivity contribution in [2.75, 3.05) is 6.61 Å². The Bertz CT molecular complexity index is 1090. The maximum absolute atomic E-state index is 12.9. The van der Waals surface area contributed by atoms with Crippen LogP contribution in [0.2, 0.25) is 0 Å². The summed E-state index contributed by atoms with van der Waals surface area (Å²) in [5.74, 6) is -3.05. The molecule has 1 aliphatic rings. The van der Waals surface area contributed by atoms with Crippen LogP contribution in [0.25, 0.3) is 6.08 Å². The minimum atomic E-state index is -0.817. The van der Waals surface area contributed by atoms with Crippen molar-refractivity contribution < 1.29 is 28.8 Å². The van der Waals surface area contributed by atoms with Gasteiger partial charge in [-0.1, -0.05) is 31.2 Å². The molecular weight excluding hydrogens is 404 g/mol. The molecule has 0 saturated carbocycles. The second-order valence-electron chi connectivity index (χ2n) is 6.69. The van der Waals surface area contributed by atoms with Crippen LogP contribution in [0.3, 0.4) is 0 Å². The Morgan fingerprint density at radius 1 is 1.06 bits per heavy atom. The highest BCUT2D eigenvalue weighted by Crippen LogP contribution is 2.28. The summed E-state index contributed by atoms with van der Waals surface area (Å²) in [6.45, 7) is 1.92. The summed E-state index contributed by atoms with van der Waals surface area (Å²) >= 11 is 0. The largest absolute Gasteiger partial charge is 0.465 e. The number of fused-ring (bicyclic) bond motifs is 1. The molecule has 0 saturated heterocycles. The number of hydrogen-bond acceptors (Lipinski definition) is 7. The number of hydrogen-bond donors (Lipinski definition) is 0. The van der Waals surface area contributed by atoms with E-state index < -0.39 is 34.9 Å². The number of nitro groups is 1. The van der Waals surface area contributed by atoms with Gasteiger partial charge in [-0.05, 0) is 30.2 Å². The fourth-order valence-corrected chi connectivity index (χ4v) is 3.05. The van der Waals surface area contributed by atoms with Crippen molar-refractivity contribution in [3.8, 4) is 0 Å². The Hall–Kier alpha value is -4.14. The normalized spacial score (nSPS) is 13.2. The van der Waals surface area contributed by atoms with E-state index in [1.165, 1.54) is 42.5 Å². The summed E-state index contributed by atoms with van der Waals surface area (Å²) in [5, 5.41) is 11.1. The van der Waals surface area contributed by atoms with Crippen molar-refractivity contribution in [1.29, 1.82) is 0 Å². The highest BCUT2D eigenvalue weighted by Gasteiger charge is 2.40. The van der Waals surface area contributed by atoms with E-state index in [9.17, 15) is 29.3 Å². The first-order chi connectivity index (χ1) is 14.8. The maximum atomic E-state index is 12.9. The molecule has 3 rings (SSSR count). The highest BCUT2D eigenvalue weighted by molar-refractivity contribution is 6.26. The summed E-state index contributed by atoms with van der Waals surface area (Å²) in [4.78, 5) is 61.8. The van der Waals surface area contributed by atoms with E-state index >= 15 is 0 Å².